The minimum absolute atomic E-state index is 0.175. The lowest BCUT2D eigenvalue weighted by molar-refractivity contribution is -0.274. The number of rotatable bonds is 3. The fourth-order valence-electron chi connectivity index (χ4n) is 1.86. The molecule has 0 fully saturated rings. The van der Waals surface area contributed by atoms with Crippen LogP contribution in [0.15, 0.2) is 35.7 Å². The van der Waals surface area contributed by atoms with Crippen molar-refractivity contribution in [2.75, 3.05) is 0 Å². The molecule has 2 rings (SSSR count). The molecule has 124 valence electrons. The summed E-state index contributed by atoms with van der Waals surface area (Å²) >= 11 is 1.28. The van der Waals surface area contributed by atoms with Gasteiger partial charge < -0.3 is 10.1 Å². The lowest BCUT2D eigenvalue weighted by Gasteiger charge is -2.19. The predicted molar refractivity (Wildman–Crippen MR) is 83.7 cm³/mol. The Hall–Kier alpha value is -2.02. The molecule has 1 aromatic heterocycles. The Morgan fingerprint density at radius 1 is 1.09 bits per heavy atom. The Labute approximate surface area is 136 Å². The van der Waals surface area contributed by atoms with Gasteiger partial charge in [-0.25, -0.2) is 0 Å². The van der Waals surface area contributed by atoms with Gasteiger partial charge in [0.1, 0.15) is 5.75 Å². The summed E-state index contributed by atoms with van der Waals surface area (Å²) in [7, 11) is 0. The van der Waals surface area contributed by atoms with Crippen LogP contribution in [0.3, 0.4) is 0 Å². The van der Waals surface area contributed by atoms with E-state index in [-0.39, 0.29) is 17.2 Å². The molecule has 0 saturated carbocycles. The van der Waals surface area contributed by atoms with Gasteiger partial charge in [-0.3, -0.25) is 4.79 Å². The highest BCUT2D eigenvalue weighted by molar-refractivity contribution is 7.12. The number of amides is 1. The fraction of sp³-hybridized carbons (Fsp3) is 0.312. The minimum Gasteiger partial charge on any atom is -0.406 e. The summed E-state index contributed by atoms with van der Waals surface area (Å²) in [6.45, 7) is 5.66. The molecule has 0 spiro atoms. The third kappa shape index (κ3) is 5.28. The van der Waals surface area contributed by atoms with Crippen molar-refractivity contribution in [1.29, 1.82) is 0 Å². The normalized spacial score (nSPS) is 12.1. The average molecular weight is 343 g/mol. The SMILES string of the molecule is CC(C)(C)NC(=O)c1cc(-c2ccc(OC(F)(F)F)cc2)cs1. The van der Waals surface area contributed by atoms with E-state index < -0.39 is 6.36 Å². The van der Waals surface area contributed by atoms with Gasteiger partial charge in [-0.1, -0.05) is 12.1 Å². The van der Waals surface area contributed by atoms with Gasteiger partial charge in [-0.15, -0.1) is 24.5 Å². The highest BCUT2D eigenvalue weighted by atomic mass is 32.1. The topological polar surface area (TPSA) is 38.3 Å². The first kappa shape index (κ1) is 17.3. The van der Waals surface area contributed by atoms with Gasteiger partial charge in [-0.2, -0.15) is 0 Å². The van der Waals surface area contributed by atoms with Crippen molar-refractivity contribution < 1.29 is 22.7 Å². The van der Waals surface area contributed by atoms with Crippen molar-refractivity contribution in [3.05, 3.63) is 40.6 Å². The molecule has 1 aromatic carbocycles. The Balaban J connectivity index is 2.13. The van der Waals surface area contributed by atoms with Gasteiger partial charge in [0.2, 0.25) is 0 Å². The van der Waals surface area contributed by atoms with Gasteiger partial charge >= 0.3 is 6.36 Å². The maximum atomic E-state index is 12.1. The molecule has 23 heavy (non-hydrogen) atoms. The Morgan fingerprint density at radius 2 is 1.70 bits per heavy atom. The van der Waals surface area contributed by atoms with Crippen LogP contribution < -0.4 is 10.1 Å². The van der Waals surface area contributed by atoms with Gasteiger partial charge in [0.25, 0.3) is 5.91 Å². The van der Waals surface area contributed by atoms with E-state index in [0.717, 1.165) is 5.56 Å². The number of nitrogens with one attached hydrogen (secondary N) is 1. The molecule has 1 N–H and O–H groups in total. The van der Waals surface area contributed by atoms with E-state index in [1.807, 2.05) is 20.8 Å². The zero-order valence-electron chi connectivity index (χ0n) is 12.8. The van der Waals surface area contributed by atoms with Crippen LogP contribution >= 0.6 is 11.3 Å². The second-order valence-corrected chi connectivity index (χ2v) is 6.89. The summed E-state index contributed by atoms with van der Waals surface area (Å²) in [5.41, 5.74) is 1.15. The van der Waals surface area contributed by atoms with Crippen LogP contribution in [0.1, 0.15) is 30.4 Å². The summed E-state index contributed by atoms with van der Waals surface area (Å²) in [5, 5.41) is 4.65. The molecule has 0 saturated heterocycles. The molecule has 0 bridgehead atoms. The zero-order valence-corrected chi connectivity index (χ0v) is 13.6. The van der Waals surface area contributed by atoms with E-state index in [0.29, 0.717) is 10.4 Å². The predicted octanol–water partition coefficient (Wildman–Crippen LogP) is 4.84. The van der Waals surface area contributed by atoms with E-state index in [4.69, 9.17) is 0 Å². The molecule has 0 radical (unpaired) electrons. The number of alkyl halides is 3. The monoisotopic (exact) mass is 343 g/mol. The number of hydrogen-bond donors (Lipinski definition) is 1. The minimum atomic E-state index is -4.71. The third-order valence-corrected chi connectivity index (χ3v) is 3.66. The van der Waals surface area contributed by atoms with Crippen LogP contribution in [-0.2, 0) is 0 Å². The number of thiophene rings is 1. The molecule has 0 aliphatic carbocycles. The third-order valence-electron chi connectivity index (χ3n) is 2.73. The number of halogens is 3. The van der Waals surface area contributed by atoms with Crippen LogP contribution in [0.2, 0.25) is 0 Å². The Kier molecular flexibility index (Phi) is 4.70. The molecular formula is C16H16F3NO2S. The summed E-state index contributed by atoms with van der Waals surface area (Å²) in [6, 6.07) is 7.25. The summed E-state index contributed by atoms with van der Waals surface area (Å²) in [5.74, 6) is -0.451. The lowest BCUT2D eigenvalue weighted by atomic mass is 10.1. The molecule has 2 aromatic rings. The largest absolute Gasteiger partial charge is 0.573 e. The smallest absolute Gasteiger partial charge is 0.406 e. The van der Waals surface area contributed by atoms with Crippen LogP contribution in [0.5, 0.6) is 5.75 Å². The van der Waals surface area contributed by atoms with Crippen LogP contribution in [0.25, 0.3) is 11.1 Å². The first-order valence-corrected chi connectivity index (χ1v) is 7.69. The highest BCUT2D eigenvalue weighted by Gasteiger charge is 2.31. The first-order valence-electron chi connectivity index (χ1n) is 6.81. The van der Waals surface area contributed by atoms with Crippen molar-refractivity contribution in [2.24, 2.45) is 0 Å². The fourth-order valence-corrected chi connectivity index (χ4v) is 2.67. The number of carbonyl (C=O) groups is 1. The van der Waals surface area contributed by atoms with Crippen LogP contribution in [0, 0.1) is 0 Å². The second kappa shape index (κ2) is 6.23. The van der Waals surface area contributed by atoms with Crippen molar-refractivity contribution in [1.82, 2.24) is 5.32 Å². The van der Waals surface area contributed by atoms with E-state index in [1.165, 1.54) is 35.6 Å². The molecule has 0 atom stereocenters. The highest BCUT2D eigenvalue weighted by Crippen LogP contribution is 2.29. The van der Waals surface area contributed by atoms with Crippen LogP contribution in [0.4, 0.5) is 13.2 Å². The average Bonchev–Trinajstić information content (AvgIpc) is 2.85. The maximum absolute atomic E-state index is 12.1. The van der Waals surface area contributed by atoms with Gasteiger partial charge in [0.15, 0.2) is 0 Å². The number of hydrogen-bond acceptors (Lipinski definition) is 3. The molecule has 3 nitrogen and oxygen atoms in total. The molecule has 1 amide bonds. The molecular weight excluding hydrogens is 327 g/mol. The lowest BCUT2D eigenvalue weighted by Crippen LogP contribution is -2.40. The Bertz CT molecular complexity index is 685. The van der Waals surface area contributed by atoms with Crippen molar-refractivity contribution in [3.8, 4) is 16.9 Å². The van der Waals surface area contributed by atoms with E-state index in [9.17, 15) is 18.0 Å². The summed E-state index contributed by atoms with van der Waals surface area (Å²) in [4.78, 5) is 12.6. The zero-order chi connectivity index (χ0) is 17.3. The standard InChI is InChI=1S/C16H16F3NO2S/c1-15(2,3)20-14(21)13-8-11(9-23-13)10-4-6-12(7-5-10)22-16(17,18)19/h4-9H,1-3H3,(H,20,21). The summed E-state index contributed by atoms with van der Waals surface area (Å²) in [6.07, 6.45) is -4.71. The van der Waals surface area contributed by atoms with Gasteiger partial charge in [0.05, 0.1) is 4.88 Å². The number of benzene rings is 1. The van der Waals surface area contributed by atoms with E-state index in [1.54, 1.807) is 11.4 Å². The van der Waals surface area contributed by atoms with Gasteiger partial charge in [0, 0.05) is 5.54 Å². The number of carbonyl (C=O) groups excluding carboxylic acids is 1. The first-order chi connectivity index (χ1) is 10.5. The van der Waals surface area contributed by atoms with Crippen LogP contribution in [-0.4, -0.2) is 17.8 Å². The van der Waals surface area contributed by atoms with Crippen molar-refractivity contribution in [3.63, 3.8) is 0 Å². The second-order valence-electron chi connectivity index (χ2n) is 5.98. The summed E-state index contributed by atoms with van der Waals surface area (Å²) < 4.78 is 40.2. The molecule has 0 unspecified atom stereocenters. The molecule has 0 aliphatic rings. The maximum Gasteiger partial charge on any atom is 0.573 e. The molecule has 1 heterocycles. The molecule has 0 aliphatic heterocycles. The van der Waals surface area contributed by atoms with E-state index >= 15 is 0 Å². The van der Waals surface area contributed by atoms with Gasteiger partial charge in [-0.05, 0) is 55.5 Å². The van der Waals surface area contributed by atoms with E-state index in [2.05, 4.69) is 10.1 Å². The number of ether oxygens (including phenoxy) is 1. The molecule has 7 heteroatoms. The van der Waals surface area contributed by atoms with Crippen molar-refractivity contribution in [2.45, 2.75) is 32.7 Å². The quantitative estimate of drug-likeness (QED) is 0.866. The van der Waals surface area contributed by atoms with Crippen molar-refractivity contribution >= 4 is 17.2 Å². The Morgan fingerprint density at radius 3 is 2.22 bits per heavy atom.